The van der Waals surface area contributed by atoms with E-state index in [-0.39, 0.29) is 0 Å². The molecule has 3 heteroatoms. The lowest BCUT2D eigenvalue weighted by atomic mass is 10.1. The van der Waals surface area contributed by atoms with Gasteiger partial charge >= 0.3 is 0 Å². The number of anilines is 1. The fourth-order valence-corrected chi connectivity index (χ4v) is 1.98. The summed E-state index contributed by atoms with van der Waals surface area (Å²) in [5, 5.41) is 12.8. The van der Waals surface area contributed by atoms with Gasteiger partial charge in [-0.1, -0.05) is 0 Å². The molecule has 0 bridgehead atoms. The Hall–Kier alpha value is -1.22. The highest BCUT2D eigenvalue weighted by molar-refractivity contribution is 5.54. The third kappa shape index (κ3) is 2.67. The maximum atomic E-state index is 9.34. The van der Waals surface area contributed by atoms with Crippen molar-refractivity contribution in [3.05, 3.63) is 23.8 Å². The molecule has 2 N–H and O–H groups in total. The van der Waals surface area contributed by atoms with Crippen LogP contribution in [-0.2, 0) is 4.74 Å². The van der Waals surface area contributed by atoms with E-state index < -0.39 is 0 Å². The summed E-state index contributed by atoms with van der Waals surface area (Å²) in [6.07, 6.45) is 2.58. The molecule has 16 heavy (non-hydrogen) atoms. The molecule has 1 fully saturated rings. The lowest BCUT2D eigenvalue weighted by Gasteiger charge is -2.20. The summed E-state index contributed by atoms with van der Waals surface area (Å²) in [6, 6.07) is 5.81. The summed E-state index contributed by atoms with van der Waals surface area (Å²) in [4.78, 5) is 0. The van der Waals surface area contributed by atoms with Gasteiger partial charge in [-0.25, -0.2) is 0 Å². The zero-order valence-electron chi connectivity index (χ0n) is 9.86. The van der Waals surface area contributed by atoms with Crippen LogP contribution in [0.25, 0.3) is 0 Å². The Morgan fingerprint density at radius 2 is 2.25 bits per heavy atom. The van der Waals surface area contributed by atoms with Crippen LogP contribution >= 0.6 is 0 Å². The van der Waals surface area contributed by atoms with Gasteiger partial charge in [-0.3, -0.25) is 0 Å². The smallest absolute Gasteiger partial charge is 0.115 e. The van der Waals surface area contributed by atoms with Gasteiger partial charge < -0.3 is 15.2 Å². The third-order valence-corrected chi connectivity index (χ3v) is 3.09. The summed E-state index contributed by atoms with van der Waals surface area (Å²) in [5.41, 5.74) is 2.16. The van der Waals surface area contributed by atoms with Crippen LogP contribution in [0.5, 0.6) is 5.75 Å². The normalized spacial score (nSPS) is 17.1. The second-order valence-corrected chi connectivity index (χ2v) is 4.54. The molecule has 0 amide bonds. The number of hydrogen-bond acceptors (Lipinski definition) is 3. The monoisotopic (exact) mass is 221 g/mol. The summed E-state index contributed by atoms with van der Waals surface area (Å²) >= 11 is 0. The molecule has 0 spiro atoms. The Labute approximate surface area is 96.4 Å². The van der Waals surface area contributed by atoms with Crippen molar-refractivity contribution in [1.29, 1.82) is 0 Å². The molecule has 1 aliphatic carbocycles. The van der Waals surface area contributed by atoms with Crippen molar-refractivity contribution >= 4 is 5.69 Å². The van der Waals surface area contributed by atoms with Gasteiger partial charge in [0, 0.05) is 12.8 Å². The first-order valence-electron chi connectivity index (χ1n) is 5.76. The highest BCUT2D eigenvalue weighted by atomic mass is 16.5. The van der Waals surface area contributed by atoms with Crippen LogP contribution < -0.4 is 5.32 Å². The number of hydrogen-bond donors (Lipinski definition) is 2. The van der Waals surface area contributed by atoms with Gasteiger partial charge in [-0.2, -0.15) is 0 Å². The van der Waals surface area contributed by atoms with Gasteiger partial charge in [-0.05, 0) is 49.4 Å². The van der Waals surface area contributed by atoms with Gasteiger partial charge in [0.05, 0.1) is 12.6 Å². The highest BCUT2D eigenvalue weighted by Gasteiger charge is 2.31. The van der Waals surface area contributed by atoms with Crippen LogP contribution in [0.2, 0.25) is 0 Å². The highest BCUT2D eigenvalue weighted by Crippen LogP contribution is 2.35. The number of rotatable bonds is 5. The first kappa shape index (κ1) is 11.3. The molecule has 1 unspecified atom stereocenters. The van der Waals surface area contributed by atoms with Crippen molar-refractivity contribution < 1.29 is 9.84 Å². The van der Waals surface area contributed by atoms with Crippen LogP contribution in [0.1, 0.15) is 18.4 Å². The SMILES string of the molecule is COCC(Nc1ccc(O)cc1C)C1CC1. The molecule has 1 aromatic carbocycles. The molecular weight excluding hydrogens is 202 g/mol. The summed E-state index contributed by atoms with van der Waals surface area (Å²) in [6.45, 7) is 2.74. The van der Waals surface area contributed by atoms with E-state index in [0.717, 1.165) is 23.8 Å². The standard InChI is InChI=1S/C13H19NO2/c1-9-7-11(15)5-6-12(9)14-13(8-16-2)10-3-4-10/h5-7,10,13-15H,3-4,8H2,1-2H3. The van der Waals surface area contributed by atoms with Gasteiger partial charge in [0.25, 0.3) is 0 Å². The van der Waals surface area contributed by atoms with Crippen molar-refractivity contribution in [2.24, 2.45) is 5.92 Å². The lowest BCUT2D eigenvalue weighted by molar-refractivity contribution is 0.179. The molecule has 0 radical (unpaired) electrons. The van der Waals surface area contributed by atoms with Crippen LogP contribution in [0.15, 0.2) is 18.2 Å². The first-order chi connectivity index (χ1) is 7.70. The van der Waals surface area contributed by atoms with Crippen molar-refractivity contribution in [1.82, 2.24) is 0 Å². The average molecular weight is 221 g/mol. The minimum absolute atomic E-state index is 0.317. The molecule has 0 aromatic heterocycles. The minimum Gasteiger partial charge on any atom is -0.508 e. The zero-order valence-corrected chi connectivity index (χ0v) is 9.86. The Kier molecular flexibility index (Phi) is 3.34. The molecule has 0 aliphatic heterocycles. The van der Waals surface area contributed by atoms with E-state index in [4.69, 9.17) is 4.74 Å². The zero-order chi connectivity index (χ0) is 11.5. The van der Waals surface area contributed by atoms with Crippen LogP contribution in [-0.4, -0.2) is 24.9 Å². The molecule has 1 aliphatic rings. The topological polar surface area (TPSA) is 41.5 Å². The van der Waals surface area contributed by atoms with Crippen molar-refractivity contribution in [2.45, 2.75) is 25.8 Å². The molecule has 2 rings (SSSR count). The van der Waals surface area contributed by atoms with Gasteiger partial charge in [0.2, 0.25) is 0 Å². The number of benzene rings is 1. The van der Waals surface area contributed by atoms with E-state index in [1.54, 1.807) is 19.2 Å². The predicted octanol–water partition coefficient (Wildman–Crippen LogP) is 2.54. The van der Waals surface area contributed by atoms with Crippen LogP contribution in [0.3, 0.4) is 0 Å². The molecule has 88 valence electrons. The Morgan fingerprint density at radius 3 is 2.81 bits per heavy atom. The molecule has 1 saturated carbocycles. The number of aromatic hydroxyl groups is 1. The second-order valence-electron chi connectivity index (χ2n) is 4.54. The molecular formula is C13H19NO2. The Balaban J connectivity index is 2.05. The number of phenols is 1. The summed E-state index contributed by atoms with van der Waals surface area (Å²) < 4.78 is 5.23. The first-order valence-corrected chi connectivity index (χ1v) is 5.76. The largest absolute Gasteiger partial charge is 0.508 e. The summed E-state index contributed by atoms with van der Waals surface area (Å²) in [5.74, 6) is 1.06. The second kappa shape index (κ2) is 4.74. The summed E-state index contributed by atoms with van der Waals surface area (Å²) in [7, 11) is 1.74. The van der Waals surface area contributed by atoms with Gasteiger partial charge in [0.1, 0.15) is 5.75 Å². The van der Waals surface area contributed by atoms with Crippen molar-refractivity contribution in [3.63, 3.8) is 0 Å². The quantitative estimate of drug-likeness (QED) is 0.751. The number of ether oxygens (including phenoxy) is 1. The van der Waals surface area contributed by atoms with E-state index in [9.17, 15) is 5.11 Å². The predicted molar refractivity (Wildman–Crippen MR) is 64.9 cm³/mol. The average Bonchev–Trinajstić information content (AvgIpc) is 3.04. The Bertz CT molecular complexity index is 361. The van der Waals surface area contributed by atoms with Crippen LogP contribution in [0.4, 0.5) is 5.69 Å². The number of nitrogens with one attached hydrogen (secondary N) is 1. The fraction of sp³-hybridized carbons (Fsp3) is 0.538. The Morgan fingerprint density at radius 1 is 1.50 bits per heavy atom. The minimum atomic E-state index is 0.317. The fourth-order valence-electron chi connectivity index (χ4n) is 1.98. The molecule has 0 heterocycles. The number of aryl methyl sites for hydroxylation is 1. The molecule has 3 nitrogen and oxygen atoms in total. The van der Waals surface area contributed by atoms with Crippen molar-refractivity contribution in [3.8, 4) is 5.75 Å². The molecule has 1 atom stereocenters. The molecule has 1 aromatic rings. The molecule has 0 saturated heterocycles. The third-order valence-electron chi connectivity index (χ3n) is 3.09. The maximum absolute atomic E-state index is 9.34. The maximum Gasteiger partial charge on any atom is 0.115 e. The van der Waals surface area contributed by atoms with Gasteiger partial charge in [-0.15, -0.1) is 0 Å². The van der Waals surface area contributed by atoms with E-state index in [2.05, 4.69) is 5.32 Å². The number of phenolic OH excluding ortho intramolecular Hbond substituents is 1. The van der Waals surface area contributed by atoms with E-state index in [1.165, 1.54) is 12.8 Å². The number of methoxy groups -OCH3 is 1. The van der Waals surface area contributed by atoms with Crippen LogP contribution in [0, 0.1) is 12.8 Å². The lowest BCUT2D eigenvalue weighted by Crippen LogP contribution is -2.27. The van der Waals surface area contributed by atoms with E-state index >= 15 is 0 Å². The van der Waals surface area contributed by atoms with E-state index in [0.29, 0.717) is 11.8 Å². The van der Waals surface area contributed by atoms with Gasteiger partial charge in [0.15, 0.2) is 0 Å². The van der Waals surface area contributed by atoms with E-state index in [1.807, 2.05) is 13.0 Å². The van der Waals surface area contributed by atoms with Crippen molar-refractivity contribution in [2.75, 3.05) is 19.0 Å².